The lowest BCUT2D eigenvalue weighted by Crippen LogP contribution is -2.15. The maximum absolute atomic E-state index is 6.07. The van der Waals surface area contributed by atoms with Gasteiger partial charge in [-0.1, -0.05) is 13.0 Å². The van der Waals surface area contributed by atoms with Crippen molar-refractivity contribution in [2.24, 2.45) is 17.6 Å². The Bertz CT molecular complexity index is 311. The fourth-order valence-electron chi connectivity index (χ4n) is 1.79. The SMILES string of the molecule is CC1CC1C(N)c1cccnc1N. The summed E-state index contributed by atoms with van der Waals surface area (Å²) in [7, 11) is 0. The van der Waals surface area contributed by atoms with Gasteiger partial charge in [-0.15, -0.1) is 0 Å². The quantitative estimate of drug-likeness (QED) is 0.716. The average molecular weight is 177 g/mol. The molecule has 0 radical (unpaired) electrons. The fraction of sp³-hybridized carbons (Fsp3) is 0.500. The summed E-state index contributed by atoms with van der Waals surface area (Å²) in [5.74, 6) is 1.93. The number of hydrogen-bond acceptors (Lipinski definition) is 3. The van der Waals surface area contributed by atoms with Crippen molar-refractivity contribution in [1.29, 1.82) is 0 Å². The number of aromatic nitrogens is 1. The van der Waals surface area contributed by atoms with Gasteiger partial charge in [0, 0.05) is 17.8 Å². The van der Waals surface area contributed by atoms with Gasteiger partial charge in [0.05, 0.1) is 0 Å². The van der Waals surface area contributed by atoms with E-state index in [9.17, 15) is 0 Å². The van der Waals surface area contributed by atoms with E-state index in [4.69, 9.17) is 11.5 Å². The van der Waals surface area contributed by atoms with Crippen LogP contribution in [0.2, 0.25) is 0 Å². The van der Waals surface area contributed by atoms with Crippen molar-refractivity contribution >= 4 is 5.82 Å². The topological polar surface area (TPSA) is 64.9 Å². The lowest BCUT2D eigenvalue weighted by molar-refractivity contribution is 0.593. The normalized spacial score (nSPS) is 28.5. The molecular weight excluding hydrogens is 162 g/mol. The highest BCUT2D eigenvalue weighted by Gasteiger charge is 2.38. The molecule has 4 N–H and O–H groups in total. The first-order valence-electron chi connectivity index (χ1n) is 4.66. The van der Waals surface area contributed by atoms with Gasteiger partial charge in [-0.05, 0) is 24.3 Å². The second-order valence-corrected chi connectivity index (χ2v) is 3.88. The van der Waals surface area contributed by atoms with Gasteiger partial charge in [0.1, 0.15) is 5.82 Å². The third-order valence-corrected chi connectivity index (χ3v) is 2.86. The van der Waals surface area contributed by atoms with Crippen LogP contribution in [0.5, 0.6) is 0 Å². The summed E-state index contributed by atoms with van der Waals surface area (Å²) in [5, 5.41) is 0. The lowest BCUT2D eigenvalue weighted by atomic mass is 10.0. The van der Waals surface area contributed by atoms with Crippen LogP contribution in [0.25, 0.3) is 0 Å². The zero-order valence-corrected chi connectivity index (χ0v) is 7.77. The molecule has 3 heteroatoms. The van der Waals surface area contributed by atoms with E-state index in [1.807, 2.05) is 12.1 Å². The van der Waals surface area contributed by atoms with E-state index in [2.05, 4.69) is 11.9 Å². The molecule has 3 nitrogen and oxygen atoms in total. The molecule has 1 fully saturated rings. The van der Waals surface area contributed by atoms with Gasteiger partial charge in [-0.25, -0.2) is 4.98 Å². The zero-order valence-electron chi connectivity index (χ0n) is 7.77. The van der Waals surface area contributed by atoms with E-state index in [0.717, 1.165) is 11.5 Å². The third kappa shape index (κ3) is 1.52. The standard InChI is InChI=1S/C10H15N3/c1-6-5-8(6)9(11)7-3-2-4-13-10(7)12/h2-4,6,8-9H,5,11H2,1H3,(H2,12,13). The first-order chi connectivity index (χ1) is 6.20. The number of nitrogen functional groups attached to an aromatic ring is 1. The number of rotatable bonds is 2. The Balaban J connectivity index is 2.20. The summed E-state index contributed by atoms with van der Waals surface area (Å²) in [5.41, 5.74) is 12.8. The highest BCUT2D eigenvalue weighted by Crippen LogP contribution is 2.46. The van der Waals surface area contributed by atoms with Crippen LogP contribution in [0.4, 0.5) is 5.82 Å². The van der Waals surface area contributed by atoms with Crippen molar-refractivity contribution in [3.8, 4) is 0 Å². The van der Waals surface area contributed by atoms with Crippen LogP contribution in [0, 0.1) is 11.8 Å². The van der Waals surface area contributed by atoms with Gasteiger partial charge in [0.2, 0.25) is 0 Å². The molecule has 0 aromatic carbocycles. The lowest BCUT2D eigenvalue weighted by Gasteiger charge is -2.12. The molecule has 1 aromatic heterocycles. The Labute approximate surface area is 78.1 Å². The van der Waals surface area contributed by atoms with Crippen LogP contribution in [-0.2, 0) is 0 Å². The Morgan fingerprint density at radius 1 is 1.62 bits per heavy atom. The molecule has 1 aliphatic carbocycles. The van der Waals surface area contributed by atoms with E-state index in [1.54, 1.807) is 6.20 Å². The number of nitrogens with zero attached hydrogens (tertiary/aromatic N) is 1. The monoisotopic (exact) mass is 177 g/mol. The second-order valence-electron chi connectivity index (χ2n) is 3.88. The highest BCUT2D eigenvalue weighted by atomic mass is 14.8. The van der Waals surface area contributed by atoms with Crippen LogP contribution in [0.15, 0.2) is 18.3 Å². The predicted octanol–water partition coefficient (Wildman–Crippen LogP) is 1.32. The highest BCUT2D eigenvalue weighted by molar-refractivity contribution is 5.41. The summed E-state index contributed by atoms with van der Waals surface area (Å²) in [6, 6.07) is 3.93. The average Bonchev–Trinajstić information content (AvgIpc) is 2.82. The van der Waals surface area contributed by atoms with E-state index < -0.39 is 0 Å². The maximum atomic E-state index is 6.07. The number of pyridine rings is 1. The van der Waals surface area contributed by atoms with E-state index in [1.165, 1.54) is 6.42 Å². The molecule has 0 aliphatic heterocycles. The largest absolute Gasteiger partial charge is 0.383 e. The summed E-state index contributed by atoms with van der Waals surface area (Å²) < 4.78 is 0. The molecule has 13 heavy (non-hydrogen) atoms. The molecule has 3 unspecified atom stereocenters. The molecule has 1 saturated carbocycles. The number of hydrogen-bond donors (Lipinski definition) is 2. The van der Waals surface area contributed by atoms with E-state index in [-0.39, 0.29) is 6.04 Å². The van der Waals surface area contributed by atoms with Crippen LogP contribution < -0.4 is 11.5 Å². The Morgan fingerprint density at radius 3 is 2.85 bits per heavy atom. The van der Waals surface area contributed by atoms with Crippen molar-refractivity contribution in [1.82, 2.24) is 4.98 Å². The molecule has 2 rings (SSSR count). The molecule has 0 amide bonds. The summed E-state index contributed by atoms with van der Waals surface area (Å²) in [6.07, 6.45) is 2.91. The van der Waals surface area contributed by atoms with Gasteiger partial charge in [-0.2, -0.15) is 0 Å². The molecule has 1 aliphatic rings. The third-order valence-electron chi connectivity index (χ3n) is 2.86. The minimum atomic E-state index is 0.0729. The number of anilines is 1. The minimum Gasteiger partial charge on any atom is -0.383 e. The molecule has 0 saturated heterocycles. The minimum absolute atomic E-state index is 0.0729. The molecule has 3 atom stereocenters. The predicted molar refractivity (Wildman–Crippen MR) is 52.8 cm³/mol. The maximum Gasteiger partial charge on any atom is 0.128 e. The van der Waals surface area contributed by atoms with Crippen molar-refractivity contribution < 1.29 is 0 Å². The molecule has 1 heterocycles. The van der Waals surface area contributed by atoms with Crippen LogP contribution >= 0.6 is 0 Å². The molecule has 1 aromatic rings. The first-order valence-corrected chi connectivity index (χ1v) is 4.66. The molecular formula is C10H15N3. The van der Waals surface area contributed by atoms with Gasteiger partial charge in [0.15, 0.2) is 0 Å². The summed E-state index contributed by atoms with van der Waals surface area (Å²) in [6.45, 7) is 2.22. The van der Waals surface area contributed by atoms with E-state index in [0.29, 0.717) is 11.7 Å². The zero-order chi connectivity index (χ0) is 9.42. The smallest absolute Gasteiger partial charge is 0.128 e. The van der Waals surface area contributed by atoms with Crippen molar-refractivity contribution in [2.45, 2.75) is 19.4 Å². The van der Waals surface area contributed by atoms with Gasteiger partial charge in [0.25, 0.3) is 0 Å². The summed E-state index contributed by atoms with van der Waals surface area (Å²) in [4.78, 5) is 4.03. The van der Waals surface area contributed by atoms with Gasteiger partial charge in [-0.3, -0.25) is 0 Å². The molecule has 0 spiro atoms. The van der Waals surface area contributed by atoms with Gasteiger partial charge < -0.3 is 11.5 Å². The molecule has 0 bridgehead atoms. The Hall–Kier alpha value is -1.09. The number of nitrogens with two attached hydrogens (primary N) is 2. The Morgan fingerprint density at radius 2 is 2.31 bits per heavy atom. The molecule has 70 valence electrons. The Kier molecular flexibility index (Phi) is 1.96. The van der Waals surface area contributed by atoms with Gasteiger partial charge >= 0.3 is 0 Å². The van der Waals surface area contributed by atoms with Crippen LogP contribution in [-0.4, -0.2) is 4.98 Å². The first kappa shape index (κ1) is 8.51. The van der Waals surface area contributed by atoms with Crippen molar-refractivity contribution in [3.05, 3.63) is 23.9 Å². The van der Waals surface area contributed by atoms with Crippen molar-refractivity contribution in [3.63, 3.8) is 0 Å². The van der Waals surface area contributed by atoms with Crippen LogP contribution in [0.3, 0.4) is 0 Å². The van der Waals surface area contributed by atoms with Crippen LogP contribution in [0.1, 0.15) is 24.9 Å². The fourth-order valence-corrected chi connectivity index (χ4v) is 1.79. The summed E-state index contributed by atoms with van der Waals surface area (Å²) >= 11 is 0. The van der Waals surface area contributed by atoms with Crippen molar-refractivity contribution in [2.75, 3.05) is 5.73 Å². The van der Waals surface area contributed by atoms with E-state index >= 15 is 0 Å². The second kappa shape index (κ2) is 3.00.